The monoisotopic (exact) mass is 363 g/mol. The van der Waals surface area contributed by atoms with Crippen LogP contribution in [-0.4, -0.2) is 34.1 Å². The molecule has 0 spiro atoms. The molecule has 0 amide bonds. The van der Waals surface area contributed by atoms with E-state index in [-0.39, 0.29) is 0 Å². The lowest BCUT2D eigenvalue weighted by Crippen LogP contribution is -2.30. The highest BCUT2D eigenvalue weighted by Crippen LogP contribution is 2.20. The zero-order chi connectivity index (χ0) is 18.5. The molecule has 0 bridgehead atoms. The Kier molecular flexibility index (Phi) is 5.73. The second-order valence-corrected chi connectivity index (χ2v) is 7.35. The molecular formula is C23H29N3O. The van der Waals surface area contributed by atoms with E-state index in [0.717, 1.165) is 36.6 Å². The predicted octanol–water partition coefficient (Wildman–Crippen LogP) is 4.66. The van der Waals surface area contributed by atoms with E-state index in [1.165, 1.54) is 43.4 Å². The molecule has 1 aliphatic rings. The van der Waals surface area contributed by atoms with E-state index >= 15 is 0 Å². The SMILES string of the molecule is CCc1ccc(OCCn2c(CN3CCCCC3)nc3ccccc32)cc1. The number of para-hydroxylation sites is 2. The van der Waals surface area contributed by atoms with Gasteiger partial charge in [0, 0.05) is 0 Å². The molecule has 142 valence electrons. The minimum Gasteiger partial charge on any atom is -0.492 e. The topological polar surface area (TPSA) is 30.3 Å². The van der Waals surface area contributed by atoms with E-state index in [1.807, 2.05) is 0 Å². The predicted molar refractivity (Wildman–Crippen MR) is 110 cm³/mol. The Morgan fingerprint density at radius 1 is 0.963 bits per heavy atom. The van der Waals surface area contributed by atoms with Crippen molar-refractivity contribution < 1.29 is 4.74 Å². The van der Waals surface area contributed by atoms with Gasteiger partial charge in [-0.2, -0.15) is 0 Å². The number of benzene rings is 2. The van der Waals surface area contributed by atoms with Crippen LogP contribution in [0.1, 0.15) is 37.6 Å². The first kappa shape index (κ1) is 18.1. The van der Waals surface area contributed by atoms with Gasteiger partial charge in [0.05, 0.1) is 24.1 Å². The second-order valence-electron chi connectivity index (χ2n) is 7.35. The van der Waals surface area contributed by atoms with E-state index in [0.29, 0.717) is 6.61 Å². The van der Waals surface area contributed by atoms with Gasteiger partial charge in [-0.05, 0) is 62.2 Å². The Morgan fingerprint density at radius 2 is 1.74 bits per heavy atom. The molecule has 27 heavy (non-hydrogen) atoms. The van der Waals surface area contributed by atoms with Crippen LogP contribution in [0.25, 0.3) is 11.0 Å². The first-order chi connectivity index (χ1) is 13.3. The van der Waals surface area contributed by atoms with Gasteiger partial charge < -0.3 is 9.30 Å². The van der Waals surface area contributed by atoms with Crippen molar-refractivity contribution in [2.45, 2.75) is 45.7 Å². The number of hydrogen-bond donors (Lipinski definition) is 0. The van der Waals surface area contributed by atoms with E-state index in [2.05, 4.69) is 64.9 Å². The van der Waals surface area contributed by atoms with Crippen LogP contribution < -0.4 is 4.74 Å². The average molecular weight is 364 g/mol. The minimum atomic E-state index is 0.652. The van der Waals surface area contributed by atoms with Crippen LogP contribution in [0.2, 0.25) is 0 Å². The molecule has 2 heterocycles. The molecule has 0 unspecified atom stereocenters. The summed E-state index contributed by atoms with van der Waals surface area (Å²) in [4.78, 5) is 7.45. The van der Waals surface area contributed by atoms with Crippen molar-refractivity contribution in [2.75, 3.05) is 19.7 Å². The van der Waals surface area contributed by atoms with Crippen molar-refractivity contribution >= 4 is 11.0 Å². The lowest BCUT2D eigenvalue weighted by molar-refractivity contribution is 0.211. The smallest absolute Gasteiger partial charge is 0.124 e. The molecule has 4 nitrogen and oxygen atoms in total. The minimum absolute atomic E-state index is 0.652. The maximum atomic E-state index is 6.01. The standard InChI is InChI=1S/C23H29N3O/c1-2-19-10-12-20(13-11-19)27-17-16-26-22-9-5-4-8-21(22)24-23(26)18-25-14-6-3-7-15-25/h4-5,8-13H,2-3,6-7,14-18H2,1H3. The summed E-state index contributed by atoms with van der Waals surface area (Å²) in [6.07, 6.45) is 5.02. The Bertz CT molecular complexity index is 863. The van der Waals surface area contributed by atoms with Crippen LogP contribution in [0.15, 0.2) is 48.5 Å². The summed E-state index contributed by atoms with van der Waals surface area (Å²) in [7, 11) is 0. The lowest BCUT2D eigenvalue weighted by atomic mass is 10.1. The normalized spacial score (nSPS) is 15.3. The first-order valence-corrected chi connectivity index (χ1v) is 10.2. The molecule has 0 radical (unpaired) electrons. The van der Waals surface area contributed by atoms with Crippen molar-refractivity contribution in [1.82, 2.24) is 14.5 Å². The third-order valence-electron chi connectivity index (χ3n) is 5.46. The number of aryl methyl sites for hydroxylation is 1. The molecule has 4 rings (SSSR count). The fourth-order valence-electron chi connectivity index (χ4n) is 3.89. The number of likely N-dealkylation sites (tertiary alicyclic amines) is 1. The second kappa shape index (κ2) is 8.57. The quantitative estimate of drug-likeness (QED) is 0.611. The summed E-state index contributed by atoms with van der Waals surface area (Å²) < 4.78 is 8.35. The third kappa shape index (κ3) is 4.33. The number of imidazole rings is 1. The maximum Gasteiger partial charge on any atom is 0.124 e. The van der Waals surface area contributed by atoms with Crippen LogP contribution in [0, 0.1) is 0 Å². The molecule has 0 saturated carbocycles. The van der Waals surface area contributed by atoms with Gasteiger partial charge in [0.2, 0.25) is 0 Å². The number of piperidine rings is 1. The average Bonchev–Trinajstić information content (AvgIpc) is 3.06. The van der Waals surface area contributed by atoms with Crippen molar-refractivity contribution in [1.29, 1.82) is 0 Å². The van der Waals surface area contributed by atoms with Crippen molar-refractivity contribution in [3.05, 3.63) is 59.9 Å². The summed E-state index contributed by atoms with van der Waals surface area (Å²) in [6.45, 7) is 6.94. The fraction of sp³-hybridized carbons (Fsp3) is 0.435. The summed E-state index contributed by atoms with van der Waals surface area (Å²) in [5.74, 6) is 2.09. The van der Waals surface area contributed by atoms with Crippen molar-refractivity contribution in [2.24, 2.45) is 0 Å². The number of ether oxygens (including phenoxy) is 1. The Labute approximate surface area is 161 Å². The molecule has 1 aromatic heterocycles. The van der Waals surface area contributed by atoms with E-state index in [1.54, 1.807) is 0 Å². The number of nitrogens with zero attached hydrogens (tertiary/aromatic N) is 3. The fourth-order valence-corrected chi connectivity index (χ4v) is 3.89. The lowest BCUT2D eigenvalue weighted by Gasteiger charge is -2.26. The number of rotatable bonds is 7. The molecule has 1 aliphatic heterocycles. The zero-order valence-electron chi connectivity index (χ0n) is 16.2. The number of aromatic nitrogens is 2. The van der Waals surface area contributed by atoms with E-state index < -0.39 is 0 Å². The maximum absolute atomic E-state index is 6.01. The van der Waals surface area contributed by atoms with Crippen molar-refractivity contribution in [3.8, 4) is 5.75 Å². The van der Waals surface area contributed by atoms with Crippen LogP contribution in [-0.2, 0) is 19.5 Å². The van der Waals surface area contributed by atoms with Crippen LogP contribution in [0.3, 0.4) is 0 Å². The van der Waals surface area contributed by atoms with Gasteiger partial charge in [0.1, 0.15) is 18.2 Å². The Hall–Kier alpha value is -2.33. The van der Waals surface area contributed by atoms with Crippen molar-refractivity contribution in [3.63, 3.8) is 0 Å². The van der Waals surface area contributed by atoms with Gasteiger partial charge in [0.25, 0.3) is 0 Å². The molecule has 1 fully saturated rings. The molecule has 0 N–H and O–H groups in total. The van der Waals surface area contributed by atoms with Gasteiger partial charge in [-0.25, -0.2) is 4.98 Å². The van der Waals surface area contributed by atoms with E-state index in [4.69, 9.17) is 9.72 Å². The van der Waals surface area contributed by atoms with Gasteiger partial charge in [0.15, 0.2) is 0 Å². The molecule has 3 aromatic rings. The molecule has 0 aliphatic carbocycles. The van der Waals surface area contributed by atoms with Gasteiger partial charge in [-0.1, -0.05) is 37.6 Å². The van der Waals surface area contributed by atoms with Gasteiger partial charge in [-0.15, -0.1) is 0 Å². The molecule has 4 heteroatoms. The molecule has 0 atom stereocenters. The third-order valence-corrected chi connectivity index (χ3v) is 5.46. The summed E-state index contributed by atoms with van der Waals surface area (Å²) in [5, 5.41) is 0. The highest BCUT2D eigenvalue weighted by molar-refractivity contribution is 5.75. The van der Waals surface area contributed by atoms with Gasteiger partial charge in [-0.3, -0.25) is 4.90 Å². The van der Waals surface area contributed by atoms with E-state index in [9.17, 15) is 0 Å². The highest BCUT2D eigenvalue weighted by Gasteiger charge is 2.16. The largest absolute Gasteiger partial charge is 0.492 e. The molecule has 2 aromatic carbocycles. The number of hydrogen-bond acceptors (Lipinski definition) is 3. The summed E-state index contributed by atoms with van der Waals surface area (Å²) in [5.41, 5.74) is 3.62. The van der Waals surface area contributed by atoms with Crippen LogP contribution >= 0.6 is 0 Å². The Morgan fingerprint density at radius 3 is 2.52 bits per heavy atom. The molecular weight excluding hydrogens is 334 g/mol. The zero-order valence-corrected chi connectivity index (χ0v) is 16.2. The Balaban J connectivity index is 1.47. The van der Waals surface area contributed by atoms with Gasteiger partial charge >= 0.3 is 0 Å². The number of fused-ring (bicyclic) bond motifs is 1. The summed E-state index contributed by atoms with van der Waals surface area (Å²) in [6, 6.07) is 16.9. The van der Waals surface area contributed by atoms with Crippen LogP contribution in [0.5, 0.6) is 5.75 Å². The first-order valence-electron chi connectivity index (χ1n) is 10.2. The highest BCUT2D eigenvalue weighted by atomic mass is 16.5. The van der Waals surface area contributed by atoms with Crippen LogP contribution in [0.4, 0.5) is 0 Å². The summed E-state index contributed by atoms with van der Waals surface area (Å²) >= 11 is 0. The molecule has 1 saturated heterocycles.